The van der Waals surface area contributed by atoms with Crippen molar-refractivity contribution in [2.75, 3.05) is 26.2 Å². The number of carbonyl (C=O) groups is 3. The van der Waals surface area contributed by atoms with Crippen LogP contribution in [0.4, 0.5) is 0 Å². The number of nitrogens with one attached hydrogen (secondary N) is 2. The van der Waals surface area contributed by atoms with Crippen molar-refractivity contribution in [2.45, 2.75) is 44.8 Å². The number of amides is 3. The Balaban J connectivity index is 1.26. The molecule has 7 nitrogen and oxygen atoms in total. The molecule has 0 saturated carbocycles. The molecular weight excluding hydrogens is 368 g/mol. The third-order valence-electron chi connectivity index (χ3n) is 7.07. The summed E-state index contributed by atoms with van der Waals surface area (Å²) in [5, 5.41) is 5.81. The molecule has 29 heavy (non-hydrogen) atoms. The summed E-state index contributed by atoms with van der Waals surface area (Å²) in [7, 11) is 0. The van der Waals surface area contributed by atoms with E-state index in [0.29, 0.717) is 13.0 Å². The molecule has 7 heteroatoms. The summed E-state index contributed by atoms with van der Waals surface area (Å²) in [6.07, 6.45) is 3.25. The van der Waals surface area contributed by atoms with Crippen LogP contribution in [0.2, 0.25) is 0 Å². The maximum atomic E-state index is 13.2. The smallest absolute Gasteiger partial charge is 0.255 e. The average Bonchev–Trinajstić information content (AvgIpc) is 3.02. The van der Waals surface area contributed by atoms with Crippen LogP contribution in [-0.4, -0.2) is 59.7 Å². The Morgan fingerprint density at radius 2 is 1.79 bits per heavy atom. The summed E-state index contributed by atoms with van der Waals surface area (Å²) in [5.41, 5.74) is 2.82. The molecule has 4 heterocycles. The lowest BCUT2D eigenvalue weighted by Crippen LogP contribution is -2.52. The highest BCUT2D eigenvalue weighted by Crippen LogP contribution is 2.34. The minimum absolute atomic E-state index is 0.0690. The zero-order valence-corrected chi connectivity index (χ0v) is 16.7. The summed E-state index contributed by atoms with van der Waals surface area (Å²) in [4.78, 5) is 41.0. The van der Waals surface area contributed by atoms with Gasteiger partial charge in [-0.05, 0) is 55.3 Å². The predicted octanol–water partition coefficient (Wildman–Crippen LogP) is 0.879. The minimum atomic E-state index is -0.547. The number of carbonyl (C=O) groups excluding carboxylic acids is 3. The molecule has 0 bridgehead atoms. The molecule has 4 aliphatic rings. The van der Waals surface area contributed by atoms with Crippen molar-refractivity contribution in [3.63, 3.8) is 0 Å². The van der Waals surface area contributed by atoms with Gasteiger partial charge in [0.25, 0.3) is 5.91 Å². The van der Waals surface area contributed by atoms with Crippen LogP contribution < -0.4 is 10.6 Å². The highest BCUT2D eigenvalue weighted by Gasteiger charge is 2.41. The van der Waals surface area contributed by atoms with E-state index in [0.717, 1.165) is 61.2 Å². The van der Waals surface area contributed by atoms with Crippen molar-refractivity contribution in [2.24, 2.45) is 11.8 Å². The number of likely N-dealkylation sites (tertiary alicyclic amines) is 1. The van der Waals surface area contributed by atoms with E-state index < -0.39 is 6.04 Å². The monoisotopic (exact) mass is 396 g/mol. The second-order valence-corrected chi connectivity index (χ2v) is 8.89. The molecule has 0 aromatic heterocycles. The Morgan fingerprint density at radius 1 is 1.00 bits per heavy atom. The molecule has 2 N–H and O–H groups in total. The van der Waals surface area contributed by atoms with Gasteiger partial charge in [-0.25, -0.2) is 0 Å². The van der Waals surface area contributed by atoms with Crippen LogP contribution in [0.1, 0.15) is 47.2 Å². The van der Waals surface area contributed by atoms with Crippen LogP contribution in [-0.2, 0) is 22.7 Å². The summed E-state index contributed by atoms with van der Waals surface area (Å²) in [6, 6.07) is 5.49. The van der Waals surface area contributed by atoms with Crippen LogP contribution in [0.3, 0.4) is 0 Å². The zero-order valence-electron chi connectivity index (χ0n) is 16.7. The first-order valence-electron chi connectivity index (χ1n) is 10.8. The number of fused-ring (bicyclic) bond motifs is 1. The van der Waals surface area contributed by atoms with Gasteiger partial charge in [0.05, 0.1) is 0 Å². The zero-order chi connectivity index (χ0) is 20.0. The third-order valence-corrected chi connectivity index (χ3v) is 7.07. The largest absolute Gasteiger partial charge is 0.322 e. The maximum absolute atomic E-state index is 13.2. The predicted molar refractivity (Wildman–Crippen MR) is 107 cm³/mol. The van der Waals surface area contributed by atoms with E-state index in [4.69, 9.17) is 0 Å². The van der Waals surface area contributed by atoms with Crippen molar-refractivity contribution in [3.05, 3.63) is 34.9 Å². The van der Waals surface area contributed by atoms with E-state index in [-0.39, 0.29) is 24.1 Å². The number of imide groups is 1. The lowest BCUT2D eigenvalue weighted by Gasteiger charge is -2.45. The van der Waals surface area contributed by atoms with Gasteiger partial charge in [-0.15, -0.1) is 0 Å². The van der Waals surface area contributed by atoms with E-state index in [2.05, 4.69) is 15.5 Å². The molecular formula is C22H28N4O3. The van der Waals surface area contributed by atoms with Gasteiger partial charge < -0.3 is 10.2 Å². The first kappa shape index (κ1) is 18.8. The quantitative estimate of drug-likeness (QED) is 0.739. The lowest BCUT2D eigenvalue weighted by molar-refractivity contribution is -0.136. The molecule has 3 fully saturated rings. The molecule has 4 aliphatic heterocycles. The Morgan fingerprint density at radius 3 is 2.55 bits per heavy atom. The second-order valence-electron chi connectivity index (χ2n) is 8.89. The number of hydrogen-bond donors (Lipinski definition) is 2. The van der Waals surface area contributed by atoms with Crippen molar-refractivity contribution in [1.82, 2.24) is 20.4 Å². The van der Waals surface area contributed by atoms with Gasteiger partial charge >= 0.3 is 0 Å². The number of hydrogen-bond acceptors (Lipinski definition) is 5. The number of rotatable bonds is 4. The van der Waals surface area contributed by atoms with Gasteiger partial charge in [-0.3, -0.25) is 24.6 Å². The van der Waals surface area contributed by atoms with E-state index >= 15 is 0 Å². The van der Waals surface area contributed by atoms with Crippen LogP contribution >= 0.6 is 0 Å². The molecule has 0 spiro atoms. The fourth-order valence-electron chi connectivity index (χ4n) is 5.42. The van der Waals surface area contributed by atoms with Gasteiger partial charge in [0.2, 0.25) is 11.8 Å². The SMILES string of the molecule is O=C1CCC(N2Cc3cccc(CN4CC(C5CCNCC5)C4)c3C2=O)C(=O)N1. The lowest BCUT2D eigenvalue weighted by atomic mass is 9.80. The van der Waals surface area contributed by atoms with Crippen molar-refractivity contribution in [3.8, 4) is 0 Å². The van der Waals surface area contributed by atoms with Crippen molar-refractivity contribution < 1.29 is 14.4 Å². The number of nitrogens with zero attached hydrogens (tertiary/aromatic N) is 2. The van der Waals surface area contributed by atoms with Gasteiger partial charge in [-0.2, -0.15) is 0 Å². The van der Waals surface area contributed by atoms with Crippen LogP contribution in [0.25, 0.3) is 0 Å². The molecule has 1 aromatic carbocycles. The molecule has 1 unspecified atom stereocenters. The molecule has 3 amide bonds. The van der Waals surface area contributed by atoms with E-state index in [9.17, 15) is 14.4 Å². The van der Waals surface area contributed by atoms with Gasteiger partial charge in [0.15, 0.2) is 0 Å². The van der Waals surface area contributed by atoms with Gasteiger partial charge in [-0.1, -0.05) is 18.2 Å². The average molecular weight is 396 g/mol. The first-order valence-corrected chi connectivity index (χ1v) is 10.8. The topological polar surface area (TPSA) is 81.8 Å². The Hall–Kier alpha value is -2.25. The maximum Gasteiger partial charge on any atom is 0.255 e. The molecule has 154 valence electrons. The molecule has 0 aliphatic carbocycles. The normalized spacial score (nSPS) is 26.4. The number of piperidine rings is 2. The molecule has 5 rings (SSSR count). The van der Waals surface area contributed by atoms with Crippen molar-refractivity contribution in [1.29, 1.82) is 0 Å². The fourth-order valence-corrected chi connectivity index (χ4v) is 5.42. The minimum Gasteiger partial charge on any atom is -0.322 e. The summed E-state index contributed by atoms with van der Waals surface area (Å²) >= 11 is 0. The summed E-state index contributed by atoms with van der Waals surface area (Å²) < 4.78 is 0. The van der Waals surface area contributed by atoms with E-state index in [1.807, 2.05) is 18.2 Å². The Labute approximate surface area is 170 Å². The third kappa shape index (κ3) is 3.46. The summed E-state index contributed by atoms with van der Waals surface area (Å²) in [5.74, 6) is 0.942. The van der Waals surface area contributed by atoms with E-state index in [1.165, 1.54) is 12.8 Å². The van der Waals surface area contributed by atoms with Crippen molar-refractivity contribution >= 4 is 17.7 Å². The van der Waals surface area contributed by atoms with Gasteiger partial charge in [0, 0.05) is 38.2 Å². The highest BCUT2D eigenvalue weighted by molar-refractivity contribution is 6.05. The van der Waals surface area contributed by atoms with E-state index in [1.54, 1.807) is 4.90 Å². The Kier molecular flexibility index (Phi) is 4.87. The molecule has 1 atom stereocenters. The number of benzene rings is 1. The van der Waals surface area contributed by atoms with Gasteiger partial charge in [0.1, 0.15) is 6.04 Å². The van der Waals surface area contributed by atoms with Crippen LogP contribution in [0.15, 0.2) is 18.2 Å². The van der Waals surface area contributed by atoms with Crippen LogP contribution in [0, 0.1) is 11.8 Å². The molecule has 3 saturated heterocycles. The van der Waals surface area contributed by atoms with Crippen LogP contribution in [0.5, 0.6) is 0 Å². The first-order chi connectivity index (χ1) is 14.1. The summed E-state index contributed by atoms with van der Waals surface area (Å²) in [6.45, 7) is 5.74. The molecule has 1 aromatic rings. The molecule has 0 radical (unpaired) electrons. The fraction of sp³-hybridized carbons (Fsp3) is 0.591. The second kappa shape index (κ2) is 7.54. The highest BCUT2D eigenvalue weighted by atomic mass is 16.2. The standard InChI is InChI=1S/C22H28N4O3/c27-19-5-4-18(21(28)24-19)26-13-16-3-1-2-15(20(16)22(26)29)10-25-11-17(12-25)14-6-8-23-9-7-14/h1-3,14,17-18,23H,4-13H2,(H,24,27,28). The Bertz CT molecular complexity index is 842.